The molecule has 1 aromatic heterocycles. The second-order valence-electron chi connectivity index (χ2n) is 9.17. The summed E-state index contributed by atoms with van der Waals surface area (Å²) in [5, 5.41) is 9.78. The lowest BCUT2D eigenvalue weighted by molar-refractivity contribution is -0.132. The van der Waals surface area contributed by atoms with E-state index in [9.17, 15) is 19.1 Å². The number of aromatic nitrogens is 1. The molecule has 2 aromatic rings. The van der Waals surface area contributed by atoms with E-state index in [-0.39, 0.29) is 41.7 Å². The normalized spacial score (nSPS) is 21.5. The molecule has 0 spiro atoms. The molecule has 1 N–H and O–H groups in total. The van der Waals surface area contributed by atoms with Crippen LogP contribution in [0.5, 0.6) is 5.88 Å². The van der Waals surface area contributed by atoms with E-state index in [1.165, 1.54) is 12.3 Å². The summed E-state index contributed by atoms with van der Waals surface area (Å²) in [7, 11) is 1.77. The molecule has 7 nitrogen and oxygen atoms in total. The summed E-state index contributed by atoms with van der Waals surface area (Å²) < 4.78 is 20.6. The molecule has 1 aliphatic heterocycles. The van der Waals surface area contributed by atoms with Crippen molar-refractivity contribution in [3.63, 3.8) is 0 Å². The molecule has 0 bridgehead atoms. The Morgan fingerprint density at radius 1 is 1.33 bits per heavy atom. The Hall–Kier alpha value is -3.00. The fourth-order valence-electron chi connectivity index (χ4n) is 4.16. The number of fused-ring (bicyclic) bond motifs is 1. The van der Waals surface area contributed by atoms with E-state index in [1.54, 1.807) is 48.0 Å². The molecule has 2 amide bonds. The molecule has 2 heterocycles. The molecule has 176 valence electrons. The Bertz CT molecular complexity index is 1040. The molecule has 4 rings (SSSR count). The van der Waals surface area contributed by atoms with Gasteiger partial charge in [-0.1, -0.05) is 25.1 Å². The third-order valence-electron chi connectivity index (χ3n) is 6.46. The molecule has 33 heavy (non-hydrogen) atoms. The summed E-state index contributed by atoms with van der Waals surface area (Å²) in [6.45, 7) is 4.25. The standard InChI is InChI=1S/C25H30FN3O4/c1-15-12-29(16(2)14-30)25(32)20-10-18(19-6-4-5-7-21(19)26)11-27-23(20)33-22(15)13-28(3)24(31)17-8-9-17/h4-7,10-11,15-17,22,30H,8-9,12-14H2,1-3H3/t15-,16+,22-/m0/s1. The van der Waals surface area contributed by atoms with Crippen LogP contribution in [-0.2, 0) is 4.79 Å². The van der Waals surface area contributed by atoms with Crippen LogP contribution in [0.25, 0.3) is 11.1 Å². The van der Waals surface area contributed by atoms with E-state index in [4.69, 9.17) is 4.74 Å². The number of nitrogens with zero attached hydrogens (tertiary/aromatic N) is 3. The van der Waals surface area contributed by atoms with Crippen molar-refractivity contribution in [2.75, 3.05) is 26.7 Å². The molecular weight excluding hydrogens is 425 g/mol. The van der Waals surface area contributed by atoms with Crippen LogP contribution in [0.1, 0.15) is 37.0 Å². The minimum absolute atomic E-state index is 0.0973. The van der Waals surface area contributed by atoms with Gasteiger partial charge in [-0.25, -0.2) is 9.37 Å². The topological polar surface area (TPSA) is 83.0 Å². The zero-order chi connectivity index (χ0) is 23.7. The van der Waals surface area contributed by atoms with Crippen molar-refractivity contribution < 1.29 is 23.8 Å². The molecule has 1 saturated carbocycles. The van der Waals surface area contributed by atoms with Crippen molar-refractivity contribution in [1.82, 2.24) is 14.8 Å². The maximum Gasteiger partial charge on any atom is 0.259 e. The number of carbonyl (C=O) groups is 2. The second kappa shape index (κ2) is 9.47. The van der Waals surface area contributed by atoms with Crippen molar-refractivity contribution in [2.24, 2.45) is 11.8 Å². The molecule has 2 aliphatic rings. The van der Waals surface area contributed by atoms with E-state index in [2.05, 4.69) is 4.98 Å². The van der Waals surface area contributed by atoms with Gasteiger partial charge >= 0.3 is 0 Å². The number of ether oxygens (including phenoxy) is 1. The lowest BCUT2D eigenvalue weighted by atomic mass is 9.99. The van der Waals surface area contributed by atoms with E-state index in [1.807, 2.05) is 6.92 Å². The third-order valence-corrected chi connectivity index (χ3v) is 6.46. The Balaban J connectivity index is 1.71. The monoisotopic (exact) mass is 455 g/mol. The predicted octanol–water partition coefficient (Wildman–Crippen LogP) is 2.98. The quantitative estimate of drug-likeness (QED) is 0.724. The molecular formula is C25H30FN3O4. The van der Waals surface area contributed by atoms with Gasteiger partial charge in [-0.05, 0) is 31.9 Å². The average molecular weight is 456 g/mol. The zero-order valence-corrected chi connectivity index (χ0v) is 19.2. The Morgan fingerprint density at radius 3 is 2.73 bits per heavy atom. The fraction of sp³-hybridized carbons (Fsp3) is 0.480. The van der Waals surface area contributed by atoms with Gasteiger partial charge in [-0.3, -0.25) is 9.59 Å². The largest absolute Gasteiger partial charge is 0.472 e. The van der Waals surface area contributed by atoms with Gasteiger partial charge in [0.2, 0.25) is 11.8 Å². The van der Waals surface area contributed by atoms with Gasteiger partial charge in [0.05, 0.1) is 19.2 Å². The van der Waals surface area contributed by atoms with Crippen molar-refractivity contribution in [3.05, 3.63) is 47.9 Å². The first-order chi connectivity index (χ1) is 15.8. The maximum atomic E-state index is 14.4. The van der Waals surface area contributed by atoms with Crippen LogP contribution in [0.3, 0.4) is 0 Å². The SMILES string of the molecule is C[C@H](CO)N1C[C@H](C)[C@H](CN(C)C(=O)C2CC2)Oc2ncc(-c3ccccc3F)cc2C1=O. The van der Waals surface area contributed by atoms with E-state index >= 15 is 0 Å². The highest BCUT2D eigenvalue weighted by Gasteiger charge is 2.37. The highest BCUT2D eigenvalue weighted by atomic mass is 19.1. The van der Waals surface area contributed by atoms with Crippen LogP contribution in [0.15, 0.2) is 36.5 Å². The lowest BCUT2D eigenvalue weighted by Gasteiger charge is -2.37. The highest BCUT2D eigenvalue weighted by Crippen LogP contribution is 2.33. The Kier molecular flexibility index (Phi) is 6.65. The number of carbonyl (C=O) groups excluding carboxylic acids is 2. The molecule has 1 aromatic carbocycles. The average Bonchev–Trinajstić information content (AvgIpc) is 3.66. The van der Waals surface area contributed by atoms with Crippen LogP contribution in [0.4, 0.5) is 4.39 Å². The number of aliphatic hydroxyl groups is 1. The zero-order valence-electron chi connectivity index (χ0n) is 19.2. The van der Waals surface area contributed by atoms with E-state index in [0.29, 0.717) is 24.2 Å². The summed E-state index contributed by atoms with van der Waals surface area (Å²) in [5.41, 5.74) is 1.01. The minimum atomic E-state index is -0.422. The van der Waals surface area contributed by atoms with Gasteiger partial charge in [0.25, 0.3) is 5.91 Å². The molecule has 3 atom stereocenters. The maximum absolute atomic E-state index is 14.4. The van der Waals surface area contributed by atoms with Crippen LogP contribution < -0.4 is 4.74 Å². The lowest BCUT2D eigenvalue weighted by Crippen LogP contribution is -2.50. The number of amides is 2. The predicted molar refractivity (Wildman–Crippen MR) is 121 cm³/mol. The summed E-state index contributed by atoms with van der Waals surface area (Å²) in [6.07, 6.45) is 2.94. The van der Waals surface area contributed by atoms with Gasteiger partial charge in [0.15, 0.2) is 0 Å². The van der Waals surface area contributed by atoms with Crippen molar-refractivity contribution >= 4 is 11.8 Å². The number of benzene rings is 1. The number of likely N-dealkylation sites (N-methyl/N-ethyl adjacent to an activating group) is 1. The molecule has 0 saturated heterocycles. The number of hydrogen-bond donors (Lipinski definition) is 1. The summed E-state index contributed by atoms with van der Waals surface area (Å²) in [6, 6.07) is 7.47. The highest BCUT2D eigenvalue weighted by molar-refractivity contribution is 5.98. The molecule has 1 aliphatic carbocycles. The summed E-state index contributed by atoms with van der Waals surface area (Å²) in [5.74, 6) is -0.499. The van der Waals surface area contributed by atoms with Crippen molar-refractivity contribution in [2.45, 2.75) is 38.8 Å². The van der Waals surface area contributed by atoms with Gasteiger partial charge in [-0.15, -0.1) is 0 Å². The number of halogens is 1. The third kappa shape index (κ3) is 4.85. The number of aliphatic hydroxyl groups excluding tert-OH is 1. The molecule has 8 heteroatoms. The van der Waals surface area contributed by atoms with Crippen molar-refractivity contribution in [3.8, 4) is 17.0 Å². The summed E-state index contributed by atoms with van der Waals surface area (Å²) >= 11 is 0. The van der Waals surface area contributed by atoms with Crippen LogP contribution in [-0.4, -0.2) is 70.6 Å². The molecule has 1 fully saturated rings. The Morgan fingerprint density at radius 2 is 2.06 bits per heavy atom. The van der Waals surface area contributed by atoms with Gasteiger partial charge in [0.1, 0.15) is 17.5 Å². The van der Waals surface area contributed by atoms with Crippen LogP contribution in [0, 0.1) is 17.7 Å². The fourth-order valence-corrected chi connectivity index (χ4v) is 4.16. The number of hydrogen-bond acceptors (Lipinski definition) is 5. The van der Waals surface area contributed by atoms with E-state index in [0.717, 1.165) is 12.8 Å². The van der Waals surface area contributed by atoms with Crippen LogP contribution >= 0.6 is 0 Å². The smallest absolute Gasteiger partial charge is 0.259 e. The first-order valence-electron chi connectivity index (χ1n) is 11.4. The second-order valence-corrected chi connectivity index (χ2v) is 9.17. The van der Waals surface area contributed by atoms with E-state index < -0.39 is 18.0 Å². The first-order valence-corrected chi connectivity index (χ1v) is 11.4. The van der Waals surface area contributed by atoms with Crippen molar-refractivity contribution in [1.29, 1.82) is 0 Å². The first kappa shape index (κ1) is 23.2. The number of rotatable bonds is 6. The molecule has 0 unspecified atom stereocenters. The van der Waals surface area contributed by atoms with Gasteiger partial charge in [-0.2, -0.15) is 0 Å². The summed E-state index contributed by atoms with van der Waals surface area (Å²) in [4.78, 5) is 33.7. The number of pyridine rings is 1. The van der Waals surface area contributed by atoms with Gasteiger partial charge < -0.3 is 19.6 Å². The molecule has 0 radical (unpaired) electrons. The van der Waals surface area contributed by atoms with Crippen LogP contribution in [0.2, 0.25) is 0 Å². The minimum Gasteiger partial charge on any atom is -0.472 e. The Labute approximate surface area is 193 Å². The van der Waals surface area contributed by atoms with Gasteiger partial charge in [0, 0.05) is 42.8 Å².